The molecule has 0 saturated carbocycles. The summed E-state index contributed by atoms with van der Waals surface area (Å²) < 4.78 is 5.05. The molecule has 0 fully saturated rings. The van der Waals surface area contributed by atoms with E-state index in [9.17, 15) is 9.90 Å². The van der Waals surface area contributed by atoms with Gasteiger partial charge < -0.3 is 14.6 Å². The number of carboxylic acid groups (broad SMARTS) is 1. The summed E-state index contributed by atoms with van der Waals surface area (Å²) in [6.45, 7) is 4.05. The second-order valence-electron chi connectivity index (χ2n) is 4.00. The highest BCUT2D eigenvalue weighted by Crippen LogP contribution is 2.33. The zero-order valence-electron chi connectivity index (χ0n) is 9.02. The zero-order chi connectivity index (χ0) is 11.9. The van der Waals surface area contributed by atoms with Crippen molar-refractivity contribution in [2.45, 2.75) is 19.8 Å². The molecule has 0 radical (unpaired) electrons. The van der Waals surface area contributed by atoms with Crippen LogP contribution in [0.5, 0.6) is 5.75 Å². The monoisotopic (exact) mass is 220 g/mol. The number of rotatable bonds is 2. The highest BCUT2D eigenvalue weighted by molar-refractivity contribution is 5.97. The Morgan fingerprint density at radius 1 is 1.38 bits per heavy atom. The van der Waals surface area contributed by atoms with E-state index < -0.39 is 11.7 Å². The number of furan rings is 1. The number of fused-ring (bicyclic) bond motifs is 1. The Morgan fingerprint density at radius 2 is 2.06 bits per heavy atom. The molecule has 0 unspecified atom stereocenters. The van der Waals surface area contributed by atoms with E-state index in [2.05, 4.69) is 0 Å². The Bertz CT molecular complexity index is 551. The molecule has 0 spiro atoms. The molecule has 16 heavy (non-hydrogen) atoms. The minimum Gasteiger partial charge on any atom is -0.504 e. The van der Waals surface area contributed by atoms with Crippen LogP contribution in [0.4, 0.5) is 0 Å². The fourth-order valence-electron chi connectivity index (χ4n) is 1.61. The molecule has 0 amide bonds. The number of aromatic carboxylic acids is 1. The van der Waals surface area contributed by atoms with E-state index in [1.54, 1.807) is 12.1 Å². The zero-order valence-corrected chi connectivity index (χ0v) is 9.02. The average Bonchev–Trinajstić information content (AvgIpc) is 2.56. The van der Waals surface area contributed by atoms with E-state index in [1.807, 2.05) is 19.9 Å². The van der Waals surface area contributed by atoms with Gasteiger partial charge in [-0.2, -0.15) is 0 Å². The van der Waals surface area contributed by atoms with Gasteiger partial charge in [-0.15, -0.1) is 0 Å². The Morgan fingerprint density at radius 3 is 2.62 bits per heavy atom. The molecular formula is C12H12O4. The summed E-state index contributed by atoms with van der Waals surface area (Å²) in [5.74, 6) is -1.66. The molecule has 4 nitrogen and oxygen atoms in total. The van der Waals surface area contributed by atoms with Crippen LogP contribution in [0.15, 0.2) is 22.6 Å². The summed E-state index contributed by atoms with van der Waals surface area (Å²) in [6, 6.07) is 5.30. The predicted molar refractivity (Wildman–Crippen MR) is 58.9 cm³/mol. The van der Waals surface area contributed by atoms with Crippen molar-refractivity contribution in [2.24, 2.45) is 0 Å². The second kappa shape index (κ2) is 3.56. The van der Waals surface area contributed by atoms with Gasteiger partial charge in [-0.25, -0.2) is 4.79 Å². The molecule has 2 N–H and O–H groups in total. The maximum Gasteiger partial charge on any atom is 0.375 e. The van der Waals surface area contributed by atoms with Crippen LogP contribution in [0.3, 0.4) is 0 Å². The number of carboxylic acids is 1. The van der Waals surface area contributed by atoms with Crippen LogP contribution in [0.25, 0.3) is 11.0 Å². The molecule has 2 aromatic rings. The van der Waals surface area contributed by atoms with Gasteiger partial charge in [0.15, 0.2) is 5.75 Å². The minimum absolute atomic E-state index is 0.301. The van der Waals surface area contributed by atoms with E-state index in [4.69, 9.17) is 9.52 Å². The normalized spacial score (nSPS) is 11.2. The maximum absolute atomic E-state index is 10.8. The van der Waals surface area contributed by atoms with Gasteiger partial charge in [0, 0.05) is 0 Å². The molecule has 0 saturated heterocycles. The van der Waals surface area contributed by atoms with E-state index in [0.29, 0.717) is 16.9 Å². The predicted octanol–water partition coefficient (Wildman–Crippen LogP) is 2.96. The summed E-state index contributed by atoms with van der Waals surface area (Å²) in [7, 11) is 0. The first-order valence-corrected chi connectivity index (χ1v) is 4.99. The lowest BCUT2D eigenvalue weighted by atomic mass is 10.0. The van der Waals surface area contributed by atoms with E-state index in [1.165, 1.54) is 0 Å². The lowest BCUT2D eigenvalue weighted by Gasteiger charge is -2.03. The van der Waals surface area contributed by atoms with Gasteiger partial charge in [-0.1, -0.05) is 19.9 Å². The summed E-state index contributed by atoms with van der Waals surface area (Å²) in [5, 5.41) is 18.9. The van der Waals surface area contributed by atoms with Gasteiger partial charge in [-0.3, -0.25) is 0 Å². The number of benzene rings is 1. The van der Waals surface area contributed by atoms with Crippen LogP contribution in [-0.4, -0.2) is 16.2 Å². The topological polar surface area (TPSA) is 70.7 Å². The summed E-state index contributed by atoms with van der Waals surface area (Å²) in [4.78, 5) is 10.8. The van der Waals surface area contributed by atoms with Gasteiger partial charge in [0.2, 0.25) is 0 Å². The quantitative estimate of drug-likeness (QED) is 0.816. The van der Waals surface area contributed by atoms with Crippen LogP contribution in [0, 0.1) is 0 Å². The second-order valence-corrected chi connectivity index (χ2v) is 4.00. The van der Waals surface area contributed by atoms with Crippen molar-refractivity contribution >= 4 is 16.9 Å². The van der Waals surface area contributed by atoms with Crippen molar-refractivity contribution in [3.63, 3.8) is 0 Å². The van der Waals surface area contributed by atoms with Crippen LogP contribution in [0.1, 0.15) is 35.9 Å². The van der Waals surface area contributed by atoms with E-state index in [-0.39, 0.29) is 5.75 Å². The third-order valence-corrected chi connectivity index (χ3v) is 2.55. The number of carbonyl (C=O) groups is 1. The van der Waals surface area contributed by atoms with Crippen LogP contribution in [0.2, 0.25) is 0 Å². The number of hydrogen-bond donors (Lipinski definition) is 2. The lowest BCUT2D eigenvalue weighted by Crippen LogP contribution is -1.92. The fourth-order valence-corrected chi connectivity index (χ4v) is 1.61. The Kier molecular flexibility index (Phi) is 2.34. The van der Waals surface area contributed by atoms with Gasteiger partial charge in [0.05, 0.1) is 5.39 Å². The largest absolute Gasteiger partial charge is 0.504 e. The third-order valence-electron chi connectivity index (χ3n) is 2.55. The van der Waals surface area contributed by atoms with Crippen LogP contribution < -0.4 is 0 Å². The standard InChI is InChI=1S/C12H12O4/c1-6(2)7-3-4-9-8(5-7)10(13)11(16-9)12(14)15/h3-6,13H,1-2H3,(H,14,15). The van der Waals surface area contributed by atoms with Crippen molar-refractivity contribution in [3.05, 3.63) is 29.5 Å². The van der Waals surface area contributed by atoms with E-state index in [0.717, 1.165) is 5.56 Å². The molecular weight excluding hydrogens is 208 g/mol. The number of hydrogen-bond acceptors (Lipinski definition) is 3. The van der Waals surface area contributed by atoms with Gasteiger partial charge in [0.25, 0.3) is 5.76 Å². The SMILES string of the molecule is CC(C)c1ccc2oc(C(=O)O)c(O)c2c1. The van der Waals surface area contributed by atoms with Crippen molar-refractivity contribution in [3.8, 4) is 5.75 Å². The third kappa shape index (κ3) is 1.52. The number of aromatic hydroxyl groups is 1. The first kappa shape index (κ1) is 10.5. The molecule has 0 bridgehead atoms. The molecule has 0 aliphatic heterocycles. The highest BCUT2D eigenvalue weighted by atomic mass is 16.4. The van der Waals surface area contributed by atoms with Crippen molar-refractivity contribution in [1.82, 2.24) is 0 Å². The summed E-state index contributed by atoms with van der Waals surface area (Å²) in [6.07, 6.45) is 0. The van der Waals surface area contributed by atoms with Crippen molar-refractivity contribution in [1.29, 1.82) is 0 Å². The average molecular weight is 220 g/mol. The maximum atomic E-state index is 10.8. The Labute approximate surface area is 92.1 Å². The van der Waals surface area contributed by atoms with Crippen molar-refractivity contribution in [2.75, 3.05) is 0 Å². The minimum atomic E-state index is -1.26. The molecule has 2 rings (SSSR count). The van der Waals surface area contributed by atoms with Gasteiger partial charge >= 0.3 is 5.97 Å². The lowest BCUT2D eigenvalue weighted by molar-refractivity contribution is 0.0660. The molecule has 4 heteroatoms. The Balaban J connectivity index is 2.69. The summed E-state index contributed by atoms with van der Waals surface area (Å²) in [5.41, 5.74) is 1.42. The van der Waals surface area contributed by atoms with Crippen LogP contribution >= 0.6 is 0 Å². The highest BCUT2D eigenvalue weighted by Gasteiger charge is 2.19. The molecule has 1 aromatic carbocycles. The Hall–Kier alpha value is -1.97. The molecule has 0 aliphatic rings. The first-order chi connectivity index (χ1) is 7.50. The first-order valence-electron chi connectivity index (χ1n) is 4.99. The van der Waals surface area contributed by atoms with Gasteiger partial charge in [0.1, 0.15) is 5.58 Å². The van der Waals surface area contributed by atoms with E-state index >= 15 is 0 Å². The molecule has 1 heterocycles. The van der Waals surface area contributed by atoms with Crippen LogP contribution in [-0.2, 0) is 0 Å². The smallest absolute Gasteiger partial charge is 0.375 e. The molecule has 84 valence electrons. The fraction of sp³-hybridized carbons (Fsp3) is 0.250. The molecule has 0 atom stereocenters. The van der Waals surface area contributed by atoms with Gasteiger partial charge in [-0.05, 0) is 23.6 Å². The summed E-state index contributed by atoms with van der Waals surface area (Å²) >= 11 is 0. The van der Waals surface area contributed by atoms with Crippen molar-refractivity contribution < 1.29 is 19.4 Å². The molecule has 1 aromatic heterocycles. The molecule has 0 aliphatic carbocycles.